The van der Waals surface area contributed by atoms with Gasteiger partial charge in [-0.3, -0.25) is 4.79 Å². The number of halogens is 1. The maximum atomic E-state index is 13.0. The number of thiophene rings is 2. The van der Waals surface area contributed by atoms with Crippen LogP contribution >= 0.6 is 35.1 Å². The van der Waals surface area contributed by atoms with Crippen LogP contribution in [0.4, 0.5) is 0 Å². The van der Waals surface area contributed by atoms with E-state index >= 15 is 0 Å². The highest BCUT2D eigenvalue weighted by atomic mass is 35.5. The van der Waals surface area contributed by atoms with Gasteiger partial charge >= 0.3 is 0 Å². The van der Waals surface area contributed by atoms with Crippen LogP contribution in [0.3, 0.4) is 0 Å². The third-order valence-corrected chi connectivity index (χ3v) is 6.78. The second-order valence-electron chi connectivity index (χ2n) is 6.79. The van der Waals surface area contributed by atoms with Crippen LogP contribution in [0.5, 0.6) is 0 Å². The molecule has 1 amide bonds. The molecule has 1 aliphatic carbocycles. The zero-order valence-electron chi connectivity index (χ0n) is 13.6. The van der Waals surface area contributed by atoms with Crippen LogP contribution in [0, 0.1) is 5.41 Å². The number of nitrogens with zero attached hydrogens (tertiary/aromatic N) is 1. The maximum Gasteiger partial charge on any atom is 0.227 e. The Morgan fingerprint density at radius 1 is 1.17 bits per heavy atom. The summed E-state index contributed by atoms with van der Waals surface area (Å²) < 4.78 is 0. The third-order valence-electron chi connectivity index (χ3n) is 5.31. The minimum Gasteiger partial charge on any atom is -0.334 e. The highest BCUT2D eigenvalue weighted by Gasteiger charge is 2.57. The van der Waals surface area contributed by atoms with Crippen LogP contribution < -0.4 is 5.32 Å². The van der Waals surface area contributed by atoms with Gasteiger partial charge < -0.3 is 10.2 Å². The molecule has 1 spiro atoms. The first-order chi connectivity index (χ1) is 11.3. The average molecular weight is 383 g/mol. The third kappa shape index (κ3) is 3.69. The summed E-state index contributed by atoms with van der Waals surface area (Å²) in [4.78, 5) is 15.1. The summed E-state index contributed by atoms with van der Waals surface area (Å²) in [6.45, 7) is 2.97. The van der Waals surface area contributed by atoms with Gasteiger partial charge in [0.2, 0.25) is 5.91 Å². The SMILES string of the molecule is Cl.O=C(Cc1ccsc1)N(Cc1ccsc1)C1CC12CCNCC2. The van der Waals surface area contributed by atoms with E-state index in [0.29, 0.717) is 17.9 Å². The summed E-state index contributed by atoms with van der Waals surface area (Å²) >= 11 is 3.38. The van der Waals surface area contributed by atoms with Crippen molar-refractivity contribution >= 4 is 41.0 Å². The molecule has 2 aromatic heterocycles. The molecule has 1 atom stereocenters. The van der Waals surface area contributed by atoms with E-state index in [1.54, 1.807) is 22.7 Å². The molecular formula is C18H23ClN2OS2. The molecule has 1 saturated heterocycles. The molecular weight excluding hydrogens is 360 g/mol. The molecule has 2 aromatic rings. The number of carbonyl (C=O) groups excluding carboxylic acids is 1. The lowest BCUT2D eigenvalue weighted by Gasteiger charge is -2.29. The molecule has 4 rings (SSSR count). The van der Waals surface area contributed by atoms with E-state index in [9.17, 15) is 4.79 Å². The number of piperidine rings is 1. The summed E-state index contributed by atoms with van der Waals surface area (Å²) in [6.07, 6.45) is 4.15. The standard InChI is InChI=1S/C18H22N2OS2.ClH/c21-17(9-14-1-7-22-12-14)20(11-15-2-8-23-13-15)16-10-18(16)3-5-19-6-4-18;/h1-2,7-8,12-13,16,19H,3-6,9-11H2;1H. The van der Waals surface area contributed by atoms with E-state index in [4.69, 9.17) is 0 Å². The summed E-state index contributed by atoms with van der Waals surface area (Å²) in [6, 6.07) is 4.65. The average Bonchev–Trinajstić information content (AvgIpc) is 2.99. The lowest BCUT2D eigenvalue weighted by molar-refractivity contribution is -0.132. The Labute approximate surface area is 157 Å². The number of hydrogen-bond acceptors (Lipinski definition) is 4. The van der Waals surface area contributed by atoms with Crippen molar-refractivity contribution in [2.24, 2.45) is 5.41 Å². The molecule has 1 N–H and O–H groups in total. The Morgan fingerprint density at radius 2 is 1.83 bits per heavy atom. The first-order valence-electron chi connectivity index (χ1n) is 8.29. The first kappa shape index (κ1) is 17.9. The highest BCUT2D eigenvalue weighted by molar-refractivity contribution is 7.08. The van der Waals surface area contributed by atoms with Crippen molar-refractivity contribution < 1.29 is 4.79 Å². The van der Waals surface area contributed by atoms with Crippen molar-refractivity contribution in [1.29, 1.82) is 0 Å². The van der Waals surface area contributed by atoms with Gasteiger partial charge in [-0.2, -0.15) is 22.7 Å². The first-order valence-corrected chi connectivity index (χ1v) is 10.2. The van der Waals surface area contributed by atoms with E-state index in [-0.39, 0.29) is 18.3 Å². The molecule has 3 nitrogen and oxygen atoms in total. The molecule has 24 heavy (non-hydrogen) atoms. The van der Waals surface area contributed by atoms with Crippen molar-refractivity contribution in [3.8, 4) is 0 Å². The summed E-state index contributed by atoms with van der Waals surface area (Å²) in [5, 5.41) is 11.9. The number of amides is 1. The Kier molecular flexibility index (Phi) is 5.65. The molecule has 0 radical (unpaired) electrons. The Balaban J connectivity index is 0.00000169. The van der Waals surface area contributed by atoms with Crippen molar-refractivity contribution in [3.05, 3.63) is 44.8 Å². The molecule has 6 heteroatoms. The summed E-state index contributed by atoms with van der Waals surface area (Å²) in [5.41, 5.74) is 2.81. The van der Waals surface area contributed by atoms with E-state index in [2.05, 4.69) is 43.9 Å². The second kappa shape index (κ2) is 7.56. The van der Waals surface area contributed by atoms with Gasteiger partial charge in [-0.1, -0.05) is 0 Å². The van der Waals surface area contributed by atoms with Crippen molar-refractivity contribution in [1.82, 2.24) is 10.2 Å². The van der Waals surface area contributed by atoms with E-state index < -0.39 is 0 Å². The van der Waals surface area contributed by atoms with E-state index in [1.807, 2.05) is 0 Å². The molecule has 3 heterocycles. The predicted molar refractivity (Wildman–Crippen MR) is 103 cm³/mol. The van der Waals surface area contributed by atoms with Crippen LogP contribution in [-0.4, -0.2) is 29.9 Å². The van der Waals surface area contributed by atoms with Crippen molar-refractivity contribution in [3.63, 3.8) is 0 Å². The smallest absolute Gasteiger partial charge is 0.227 e. The number of nitrogens with one attached hydrogen (secondary N) is 1. The van der Waals surface area contributed by atoms with Crippen molar-refractivity contribution in [2.45, 2.75) is 38.3 Å². The fourth-order valence-corrected chi connectivity index (χ4v) is 5.18. The zero-order valence-corrected chi connectivity index (χ0v) is 16.0. The van der Waals surface area contributed by atoms with Gasteiger partial charge in [0.1, 0.15) is 0 Å². The predicted octanol–water partition coefficient (Wildman–Crippen LogP) is 3.94. The number of rotatable bonds is 5. The zero-order chi connectivity index (χ0) is 15.7. The quantitative estimate of drug-likeness (QED) is 0.849. The lowest BCUT2D eigenvalue weighted by atomic mass is 9.93. The van der Waals surface area contributed by atoms with Crippen LogP contribution in [0.2, 0.25) is 0 Å². The molecule has 1 saturated carbocycles. The topological polar surface area (TPSA) is 32.3 Å². The van der Waals surface area contributed by atoms with Gasteiger partial charge in [-0.25, -0.2) is 0 Å². The van der Waals surface area contributed by atoms with Gasteiger partial charge in [-0.05, 0) is 82.5 Å². The fourth-order valence-electron chi connectivity index (χ4n) is 3.85. The normalized spacial score (nSPS) is 21.2. The molecule has 1 unspecified atom stereocenters. The molecule has 1 aliphatic heterocycles. The minimum absolute atomic E-state index is 0. The van der Waals surface area contributed by atoms with Gasteiger partial charge in [0.15, 0.2) is 0 Å². The van der Waals surface area contributed by atoms with Gasteiger partial charge in [-0.15, -0.1) is 12.4 Å². The van der Waals surface area contributed by atoms with E-state index in [1.165, 1.54) is 24.8 Å². The molecule has 130 valence electrons. The minimum atomic E-state index is 0. The van der Waals surface area contributed by atoms with Crippen LogP contribution in [0.25, 0.3) is 0 Å². The lowest BCUT2D eigenvalue weighted by Crippen LogP contribution is -2.39. The Hall–Kier alpha value is -0.880. The molecule has 2 fully saturated rings. The highest BCUT2D eigenvalue weighted by Crippen LogP contribution is 2.56. The molecule has 2 aliphatic rings. The van der Waals surface area contributed by atoms with Gasteiger partial charge in [0.05, 0.1) is 6.42 Å². The number of hydrogen-bond donors (Lipinski definition) is 1. The largest absolute Gasteiger partial charge is 0.334 e. The molecule has 0 bridgehead atoms. The summed E-state index contributed by atoms with van der Waals surface area (Å²) in [5.74, 6) is 0.287. The fraction of sp³-hybridized carbons (Fsp3) is 0.500. The van der Waals surface area contributed by atoms with Gasteiger partial charge in [0.25, 0.3) is 0 Å². The van der Waals surface area contributed by atoms with Crippen LogP contribution in [-0.2, 0) is 17.8 Å². The summed E-state index contributed by atoms with van der Waals surface area (Å²) in [7, 11) is 0. The van der Waals surface area contributed by atoms with Gasteiger partial charge in [0, 0.05) is 12.6 Å². The molecule has 0 aromatic carbocycles. The second-order valence-corrected chi connectivity index (χ2v) is 8.35. The van der Waals surface area contributed by atoms with E-state index in [0.717, 1.165) is 25.2 Å². The van der Waals surface area contributed by atoms with Crippen LogP contribution in [0.15, 0.2) is 33.7 Å². The Bertz CT molecular complexity index is 651. The number of carbonyl (C=O) groups is 1. The Morgan fingerprint density at radius 3 is 2.46 bits per heavy atom. The van der Waals surface area contributed by atoms with Crippen LogP contribution in [0.1, 0.15) is 30.4 Å². The van der Waals surface area contributed by atoms with Crippen molar-refractivity contribution in [2.75, 3.05) is 13.1 Å². The monoisotopic (exact) mass is 382 g/mol. The maximum absolute atomic E-state index is 13.0.